The lowest BCUT2D eigenvalue weighted by Crippen LogP contribution is -2.27. The van der Waals surface area contributed by atoms with Crippen LogP contribution in [-0.2, 0) is 6.54 Å². The SMILES string of the molecule is CCCN(c1cnc(CNC2CC2)cn1)C1CC1. The van der Waals surface area contributed by atoms with Crippen LogP contribution in [0.4, 0.5) is 5.82 Å². The molecule has 2 aliphatic rings. The number of hydrogen-bond acceptors (Lipinski definition) is 4. The fourth-order valence-corrected chi connectivity index (χ4v) is 2.24. The Labute approximate surface area is 109 Å². The van der Waals surface area contributed by atoms with Crippen molar-refractivity contribution in [2.75, 3.05) is 11.4 Å². The van der Waals surface area contributed by atoms with Gasteiger partial charge >= 0.3 is 0 Å². The highest BCUT2D eigenvalue weighted by Crippen LogP contribution is 2.30. The average molecular weight is 246 g/mol. The summed E-state index contributed by atoms with van der Waals surface area (Å²) in [4.78, 5) is 11.5. The molecule has 1 heterocycles. The predicted molar refractivity (Wildman–Crippen MR) is 72.6 cm³/mol. The van der Waals surface area contributed by atoms with Crippen LogP contribution in [0, 0.1) is 0 Å². The minimum absolute atomic E-state index is 0.717. The van der Waals surface area contributed by atoms with Gasteiger partial charge < -0.3 is 10.2 Å². The molecule has 4 heteroatoms. The second-order valence-corrected chi connectivity index (χ2v) is 5.45. The van der Waals surface area contributed by atoms with Crippen LogP contribution >= 0.6 is 0 Å². The first-order chi connectivity index (χ1) is 8.86. The lowest BCUT2D eigenvalue weighted by atomic mass is 10.3. The molecule has 1 aromatic heterocycles. The van der Waals surface area contributed by atoms with Gasteiger partial charge in [0.1, 0.15) is 5.82 Å². The van der Waals surface area contributed by atoms with E-state index in [-0.39, 0.29) is 0 Å². The molecule has 1 N–H and O–H groups in total. The van der Waals surface area contributed by atoms with E-state index in [2.05, 4.69) is 27.1 Å². The van der Waals surface area contributed by atoms with Gasteiger partial charge in [-0.15, -0.1) is 0 Å². The number of anilines is 1. The molecule has 3 rings (SSSR count). The van der Waals surface area contributed by atoms with Crippen molar-refractivity contribution < 1.29 is 0 Å². The summed E-state index contributed by atoms with van der Waals surface area (Å²) in [6.07, 6.45) is 10.3. The first kappa shape index (κ1) is 11.9. The van der Waals surface area contributed by atoms with Gasteiger partial charge in [0.05, 0.1) is 18.1 Å². The Balaban J connectivity index is 1.60. The van der Waals surface area contributed by atoms with Gasteiger partial charge in [0.2, 0.25) is 0 Å². The van der Waals surface area contributed by atoms with E-state index < -0.39 is 0 Å². The summed E-state index contributed by atoms with van der Waals surface area (Å²) >= 11 is 0. The number of nitrogens with one attached hydrogen (secondary N) is 1. The van der Waals surface area contributed by atoms with Gasteiger partial charge in [-0.2, -0.15) is 0 Å². The fourth-order valence-electron chi connectivity index (χ4n) is 2.24. The second-order valence-electron chi connectivity index (χ2n) is 5.45. The zero-order valence-corrected chi connectivity index (χ0v) is 11.1. The maximum absolute atomic E-state index is 4.58. The normalized spacial score (nSPS) is 18.9. The Hall–Kier alpha value is -1.16. The van der Waals surface area contributed by atoms with E-state index in [0.29, 0.717) is 0 Å². The Bertz CT molecular complexity index is 381. The molecular weight excluding hydrogens is 224 g/mol. The van der Waals surface area contributed by atoms with E-state index in [1.165, 1.54) is 32.1 Å². The molecule has 0 amide bonds. The van der Waals surface area contributed by atoms with E-state index in [1.807, 2.05) is 12.4 Å². The molecule has 0 saturated heterocycles. The van der Waals surface area contributed by atoms with Crippen molar-refractivity contribution >= 4 is 5.82 Å². The van der Waals surface area contributed by atoms with Gasteiger partial charge in [-0.1, -0.05) is 6.92 Å². The van der Waals surface area contributed by atoms with E-state index in [1.54, 1.807) is 0 Å². The van der Waals surface area contributed by atoms with E-state index in [9.17, 15) is 0 Å². The third-order valence-corrected chi connectivity index (χ3v) is 3.59. The molecule has 0 aliphatic heterocycles. The van der Waals surface area contributed by atoms with Gasteiger partial charge in [-0.3, -0.25) is 4.98 Å². The molecular formula is C14H22N4. The maximum Gasteiger partial charge on any atom is 0.147 e. The van der Waals surface area contributed by atoms with Crippen LogP contribution in [-0.4, -0.2) is 28.6 Å². The summed E-state index contributed by atoms with van der Waals surface area (Å²) in [7, 11) is 0. The lowest BCUT2D eigenvalue weighted by Gasteiger charge is -2.22. The molecule has 4 nitrogen and oxygen atoms in total. The number of hydrogen-bond donors (Lipinski definition) is 1. The molecule has 1 aromatic rings. The van der Waals surface area contributed by atoms with Crippen molar-refractivity contribution in [1.29, 1.82) is 0 Å². The van der Waals surface area contributed by atoms with Gasteiger partial charge in [-0.25, -0.2) is 4.98 Å². The quantitative estimate of drug-likeness (QED) is 0.800. The molecule has 0 unspecified atom stereocenters. The van der Waals surface area contributed by atoms with Crippen LogP contribution in [0.15, 0.2) is 12.4 Å². The molecule has 18 heavy (non-hydrogen) atoms. The Morgan fingerprint density at radius 2 is 2.06 bits per heavy atom. The van der Waals surface area contributed by atoms with Crippen molar-refractivity contribution in [2.24, 2.45) is 0 Å². The van der Waals surface area contributed by atoms with Gasteiger partial charge in [0.15, 0.2) is 0 Å². The third-order valence-electron chi connectivity index (χ3n) is 3.59. The van der Waals surface area contributed by atoms with E-state index in [0.717, 1.165) is 36.7 Å². The maximum atomic E-state index is 4.58. The Morgan fingerprint density at radius 3 is 2.61 bits per heavy atom. The van der Waals surface area contributed by atoms with Gasteiger partial charge in [0, 0.05) is 25.2 Å². The summed E-state index contributed by atoms with van der Waals surface area (Å²) in [5.41, 5.74) is 1.05. The van der Waals surface area contributed by atoms with Crippen LogP contribution < -0.4 is 10.2 Å². The van der Waals surface area contributed by atoms with Crippen molar-refractivity contribution in [3.63, 3.8) is 0 Å². The number of rotatable bonds is 7. The van der Waals surface area contributed by atoms with Crippen molar-refractivity contribution in [2.45, 2.75) is 57.7 Å². The van der Waals surface area contributed by atoms with Crippen LogP contribution in [0.1, 0.15) is 44.7 Å². The highest BCUT2D eigenvalue weighted by molar-refractivity contribution is 5.39. The molecule has 2 fully saturated rings. The highest BCUT2D eigenvalue weighted by atomic mass is 15.2. The van der Waals surface area contributed by atoms with E-state index >= 15 is 0 Å². The molecule has 0 atom stereocenters. The average Bonchev–Trinajstić information content (AvgIpc) is 3.28. The molecule has 0 bridgehead atoms. The summed E-state index contributed by atoms with van der Waals surface area (Å²) < 4.78 is 0. The number of aromatic nitrogens is 2. The largest absolute Gasteiger partial charge is 0.352 e. The number of nitrogens with zero attached hydrogens (tertiary/aromatic N) is 3. The van der Waals surface area contributed by atoms with Crippen LogP contribution in [0.2, 0.25) is 0 Å². The standard InChI is InChI=1S/C14H22N4/c1-2-7-18(13-5-6-13)14-10-16-12(9-17-14)8-15-11-3-4-11/h9-11,13,15H,2-8H2,1H3. The van der Waals surface area contributed by atoms with E-state index in [4.69, 9.17) is 0 Å². The minimum atomic E-state index is 0.717. The summed E-state index contributed by atoms with van der Waals surface area (Å²) in [6, 6.07) is 1.45. The van der Waals surface area contributed by atoms with Crippen molar-refractivity contribution in [3.05, 3.63) is 18.1 Å². The lowest BCUT2D eigenvalue weighted by molar-refractivity contribution is 0.669. The zero-order chi connectivity index (χ0) is 12.4. The van der Waals surface area contributed by atoms with Gasteiger partial charge in [0.25, 0.3) is 0 Å². The minimum Gasteiger partial charge on any atom is -0.352 e. The van der Waals surface area contributed by atoms with Crippen LogP contribution in [0.5, 0.6) is 0 Å². The molecule has 98 valence electrons. The topological polar surface area (TPSA) is 41.1 Å². The zero-order valence-electron chi connectivity index (χ0n) is 11.1. The molecule has 0 spiro atoms. The van der Waals surface area contributed by atoms with Crippen molar-refractivity contribution in [3.8, 4) is 0 Å². The third kappa shape index (κ3) is 2.99. The first-order valence-electron chi connectivity index (χ1n) is 7.17. The van der Waals surface area contributed by atoms with Crippen molar-refractivity contribution in [1.82, 2.24) is 15.3 Å². The molecule has 2 aliphatic carbocycles. The fraction of sp³-hybridized carbons (Fsp3) is 0.714. The highest BCUT2D eigenvalue weighted by Gasteiger charge is 2.29. The smallest absolute Gasteiger partial charge is 0.147 e. The Kier molecular flexibility index (Phi) is 3.46. The van der Waals surface area contributed by atoms with Crippen LogP contribution in [0.3, 0.4) is 0 Å². The molecule has 0 radical (unpaired) electrons. The predicted octanol–water partition coefficient (Wildman–Crippen LogP) is 2.11. The second kappa shape index (κ2) is 5.22. The monoisotopic (exact) mass is 246 g/mol. The molecule has 2 saturated carbocycles. The summed E-state index contributed by atoms with van der Waals surface area (Å²) in [6.45, 7) is 4.17. The Morgan fingerprint density at radius 1 is 1.22 bits per heavy atom. The van der Waals surface area contributed by atoms with Gasteiger partial charge in [-0.05, 0) is 32.1 Å². The summed E-state index contributed by atoms with van der Waals surface area (Å²) in [5, 5.41) is 3.47. The summed E-state index contributed by atoms with van der Waals surface area (Å²) in [5.74, 6) is 1.05. The van der Waals surface area contributed by atoms with Crippen LogP contribution in [0.25, 0.3) is 0 Å². The molecule has 0 aromatic carbocycles. The first-order valence-corrected chi connectivity index (χ1v) is 7.17.